The van der Waals surface area contributed by atoms with Crippen molar-refractivity contribution in [1.82, 2.24) is 4.90 Å². The zero-order valence-corrected chi connectivity index (χ0v) is 12.8. The van der Waals surface area contributed by atoms with Gasteiger partial charge in [-0.25, -0.2) is 4.79 Å². The summed E-state index contributed by atoms with van der Waals surface area (Å²) in [6, 6.07) is 0.253. The second-order valence-corrected chi connectivity index (χ2v) is 6.34. The van der Waals surface area contributed by atoms with Crippen LogP contribution in [0.3, 0.4) is 0 Å². The number of carbonyl (C=O) groups is 1. The fourth-order valence-electron chi connectivity index (χ4n) is 2.56. The summed E-state index contributed by atoms with van der Waals surface area (Å²) in [5.41, 5.74) is 5.00. The number of hydrogen-bond donors (Lipinski definition) is 1. The zero-order valence-electron chi connectivity index (χ0n) is 12.8. The molecule has 1 unspecified atom stereocenters. The maximum absolute atomic E-state index is 12.2. The summed E-state index contributed by atoms with van der Waals surface area (Å²) in [5, 5.41) is 0. The van der Waals surface area contributed by atoms with E-state index >= 15 is 0 Å². The van der Waals surface area contributed by atoms with Gasteiger partial charge < -0.3 is 20.1 Å². The average molecular weight is 272 g/mol. The van der Waals surface area contributed by atoms with Crippen LogP contribution in [0.15, 0.2) is 0 Å². The summed E-state index contributed by atoms with van der Waals surface area (Å²) in [7, 11) is 0. The second-order valence-electron chi connectivity index (χ2n) is 6.34. The first-order valence-corrected chi connectivity index (χ1v) is 7.07. The molecular formula is C14H28N2O3. The van der Waals surface area contributed by atoms with Crippen molar-refractivity contribution in [3.63, 3.8) is 0 Å². The summed E-state index contributed by atoms with van der Waals surface area (Å²) >= 11 is 0. The maximum atomic E-state index is 12.2. The van der Waals surface area contributed by atoms with E-state index in [2.05, 4.69) is 0 Å². The van der Waals surface area contributed by atoms with Crippen molar-refractivity contribution in [2.45, 2.75) is 71.2 Å². The van der Waals surface area contributed by atoms with Gasteiger partial charge in [0.05, 0.1) is 12.7 Å². The molecule has 0 saturated carbocycles. The third-order valence-electron chi connectivity index (χ3n) is 3.23. The van der Waals surface area contributed by atoms with Gasteiger partial charge >= 0.3 is 6.09 Å². The largest absolute Gasteiger partial charge is 0.444 e. The molecule has 5 heteroatoms. The minimum Gasteiger partial charge on any atom is -0.444 e. The Morgan fingerprint density at radius 1 is 1.26 bits per heavy atom. The van der Waals surface area contributed by atoms with Crippen LogP contribution in [0.25, 0.3) is 0 Å². The minimum absolute atomic E-state index is 0.126. The predicted octanol–water partition coefficient (Wildman–Crippen LogP) is 2.14. The van der Waals surface area contributed by atoms with Gasteiger partial charge in [-0.2, -0.15) is 0 Å². The predicted molar refractivity (Wildman–Crippen MR) is 75.0 cm³/mol. The van der Waals surface area contributed by atoms with Crippen LogP contribution >= 0.6 is 0 Å². The van der Waals surface area contributed by atoms with Crippen LogP contribution in [0, 0.1) is 0 Å². The summed E-state index contributed by atoms with van der Waals surface area (Å²) < 4.78 is 11.2. The molecule has 0 aromatic heterocycles. The monoisotopic (exact) mass is 272 g/mol. The molecule has 0 aromatic carbocycles. The summed E-state index contributed by atoms with van der Waals surface area (Å²) in [6.45, 7) is 10.9. The molecule has 1 aliphatic heterocycles. The topological polar surface area (TPSA) is 64.8 Å². The lowest BCUT2D eigenvalue weighted by Crippen LogP contribution is -2.53. The molecule has 1 fully saturated rings. The van der Waals surface area contributed by atoms with Crippen LogP contribution in [-0.4, -0.2) is 47.9 Å². The van der Waals surface area contributed by atoms with Crippen molar-refractivity contribution < 1.29 is 14.3 Å². The van der Waals surface area contributed by atoms with Gasteiger partial charge in [0.15, 0.2) is 0 Å². The second kappa shape index (κ2) is 6.57. The number of nitrogens with zero attached hydrogens (tertiary/aromatic N) is 1. The van der Waals surface area contributed by atoms with Crippen LogP contribution < -0.4 is 5.73 Å². The number of hydrogen-bond acceptors (Lipinski definition) is 4. The van der Waals surface area contributed by atoms with Crippen molar-refractivity contribution >= 4 is 6.09 Å². The molecule has 0 bridgehead atoms. The highest BCUT2D eigenvalue weighted by atomic mass is 16.6. The standard InChI is InChI=1S/C14H28N2O3/c1-10-8-12(18-7-6-15)9-11(2)16(10)13(17)19-14(3,4)5/h10-12H,6-9,15H2,1-5H3/t10-,11+,12?. The fraction of sp³-hybridized carbons (Fsp3) is 0.929. The number of nitrogens with two attached hydrogens (primary N) is 1. The number of amides is 1. The van der Waals surface area contributed by atoms with Gasteiger partial charge in [-0.3, -0.25) is 0 Å². The van der Waals surface area contributed by atoms with Crippen LogP contribution in [-0.2, 0) is 9.47 Å². The highest BCUT2D eigenvalue weighted by molar-refractivity contribution is 5.69. The molecule has 0 aromatic rings. The minimum atomic E-state index is -0.455. The van der Waals surface area contributed by atoms with Crippen molar-refractivity contribution in [1.29, 1.82) is 0 Å². The van der Waals surface area contributed by atoms with Crippen LogP contribution in [0.4, 0.5) is 4.79 Å². The lowest BCUT2D eigenvalue weighted by atomic mass is 9.95. The Morgan fingerprint density at radius 3 is 2.21 bits per heavy atom. The van der Waals surface area contributed by atoms with Crippen LogP contribution in [0.1, 0.15) is 47.5 Å². The molecule has 0 spiro atoms. The first-order chi connectivity index (χ1) is 8.74. The number of carbonyl (C=O) groups excluding carboxylic acids is 1. The molecule has 2 N–H and O–H groups in total. The van der Waals surface area contributed by atoms with Crippen molar-refractivity contribution in [2.24, 2.45) is 5.73 Å². The first-order valence-electron chi connectivity index (χ1n) is 7.07. The van der Waals surface area contributed by atoms with E-state index in [0.29, 0.717) is 13.2 Å². The summed E-state index contributed by atoms with van der Waals surface area (Å²) in [5.74, 6) is 0. The van der Waals surface area contributed by atoms with E-state index in [9.17, 15) is 4.79 Å². The SMILES string of the molecule is C[C@@H]1CC(OCCN)C[C@H](C)N1C(=O)OC(C)(C)C. The zero-order chi connectivity index (χ0) is 14.6. The molecule has 1 heterocycles. The molecular weight excluding hydrogens is 244 g/mol. The number of piperidine rings is 1. The molecule has 19 heavy (non-hydrogen) atoms. The van der Waals surface area contributed by atoms with E-state index in [0.717, 1.165) is 12.8 Å². The molecule has 1 amide bonds. The molecule has 0 aliphatic carbocycles. The van der Waals surface area contributed by atoms with E-state index in [1.54, 1.807) is 0 Å². The van der Waals surface area contributed by atoms with E-state index in [1.807, 2.05) is 39.5 Å². The summed E-state index contributed by atoms with van der Waals surface area (Å²) in [4.78, 5) is 14.0. The highest BCUT2D eigenvalue weighted by Gasteiger charge is 2.36. The quantitative estimate of drug-likeness (QED) is 0.855. The molecule has 1 saturated heterocycles. The van der Waals surface area contributed by atoms with Gasteiger partial charge in [0.2, 0.25) is 0 Å². The van der Waals surface area contributed by atoms with E-state index < -0.39 is 5.60 Å². The maximum Gasteiger partial charge on any atom is 0.410 e. The first kappa shape index (κ1) is 16.2. The Hall–Kier alpha value is -0.810. The highest BCUT2D eigenvalue weighted by Crippen LogP contribution is 2.27. The number of likely N-dealkylation sites (tertiary alicyclic amines) is 1. The van der Waals surface area contributed by atoms with Crippen molar-refractivity contribution in [3.8, 4) is 0 Å². The van der Waals surface area contributed by atoms with Gasteiger partial charge in [-0.05, 0) is 47.5 Å². The van der Waals surface area contributed by atoms with Crippen molar-refractivity contribution in [3.05, 3.63) is 0 Å². The van der Waals surface area contributed by atoms with Gasteiger partial charge in [0.1, 0.15) is 5.60 Å². The van der Waals surface area contributed by atoms with E-state index in [4.69, 9.17) is 15.2 Å². The Bertz CT molecular complexity index is 290. The molecule has 1 rings (SSSR count). The third-order valence-corrected chi connectivity index (χ3v) is 3.23. The molecule has 3 atom stereocenters. The normalized spacial score (nSPS) is 28.3. The lowest BCUT2D eigenvalue weighted by molar-refractivity contribution is -0.0438. The van der Waals surface area contributed by atoms with Gasteiger partial charge in [0, 0.05) is 18.6 Å². The molecule has 1 aliphatic rings. The van der Waals surface area contributed by atoms with Crippen LogP contribution in [0.5, 0.6) is 0 Å². The number of rotatable bonds is 3. The Morgan fingerprint density at radius 2 is 1.79 bits per heavy atom. The van der Waals surface area contributed by atoms with Gasteiger partial charge in [0.25, 0.3) is 0 Å². The molecule has 5 nitrogen and oxygen atoms in total. The third kappa shape index (κ3) is 4.99. The average Bonchev–Trinajstić information content (AvgIpc) is 2.22. The number of ether oxygens (including phenoxy) is 2. The molecule has 112 valence electrons. The van der Waals surface area contributed by atoms with E-state index in [1.165, 1.54) is 0 Å². The Labute approximate surface area is 116 Å². The lowest BCUT2D eigenvalue weighted by Gasteiger charge is -2.42. The Balaban J connectivity index is 2.59. The summed E-state index contributed by atoms with van der Waals surface area (Å²) in [6.07, 6.45) is 1.63. The smallest absolute Gasteiger partial charge is 0.410 e. The van der Waals surface area contributed by atoms with Crippen LogP contribution in [0.2, 0.25) is 0 Å². The molecule has 0 radical (unpaired) electrons. The van der Waals surface area contributed by atoms with Gasteiger partial charge in [-0.1, -0.05) is 0 Å². The Kier molecular flexibility index (Phi) is 5.62. The van der Waals surface area contributed by atoms with Gasteiger partial charge in [-0.15, -0.1) is 0 Å². The van der Waals surface area contributed by atoms with Crippen molar-refractivity contribution in [2.75, 3.05) is 13.2 Å². The van der Waals surface area contributed by atoms with E-state index in [-0.39, 0.29) is 24.3 Å². The fourth-order valence-corrected chi connectivity index (χ4v) is 2.56.